The van der Waals surface area contributed by atoms with Crippen LogP contribution in [0, 0.1) is 0 Å². The molecule has 0 saturated carbocycles. The molecule has 108 valence electrons. The number of aliphatic carboxylic acids is 1. The number of carboxylic acids is 1. The highest BCUT2D eigenvalue weighted by molar-refractivity contribution is 5.66. The maximum atomic E-state index is 10.4. The molecule has 20 heavy (non-hydrogen) atoms. The Kier molecular flexibility index (Phi) is 4.80. The summed E-state index contributed by atoms with van der Waals surface area (Å²) in [7, 11) is 0. The molecule has 2 rings (SSSR count). The lowest BCUT2D eigenvalue weighted by Crippen LogP contribution is -2.09. The van der Waals surface area contributed by atoms with Crippen molar-refractivity contribution in [3.05, 3.63) is 24.0 Å². The van der Waals surface area contributed by atoms with Crippen molar-refractivity contribution in [2.45, 2.75) is 45.7 Å². The maximum Gasteiger partial charge on any atom is 0.303 e. The van der Waals surface area contributed by atoms with Crippen molar-refractivity contribution in [3.63, 3.8) is 0 Å². The fourth-order valence-corrected chi connectivity index (χ4v) is 1.93. The van der Waals surface area contributed by atoms with Crippen LogP contribution in [0.5, 0.6) is 0 Å². The third kappa shape index (κ3) is 3.87. The van der Waals surface area contributed by atoms with Crippen molar-refractivity contribution < 1.29 is 9.90 Å². The number of aryl methyl sites for hydroxylation is 2. The Morgan fingerprint density at radius 3 is 3.00 bits per heavy atom. The minimum Gasteiger partial charge on any atom is -0.481 e. The maximum absolute atomic E-state index is 10.4. The zero-order valence-electron chi connectivity index (χ0n) is 11.4. The van der Waals surface area contributed by atoms with Gasteiger partial charge in [0.15, 0.2) is 0 Å². The van der Waals surface area contributed by atoms with Crippen LogP contribution in [0.1, 0.15) is 37.7 Å². The fourth-order valence-electron chi connectivity index (χ4n) is 1.93. The molecule has 1 N–H and O–H groups in total. The Hall–Kier alpha value is -2.25. The van der Waals surface area contributed by atoms with Crippen molar-refractivity contribution in [1.29, 1.82) is 0 Å². The zero-order valence-corrected chi connectivity index (χ0v) is 11.4. The molecule has 0 aliphatic rings. The second-order valence-corrected chi connectivity index (χ2v) is 4.50. The number of carboxylic acid groups (broad SMARTS) is 1. The lowest BCUT2D eigenvalue weighted by molar-refractivity contribution is -0.137. The molecule has 2 heterocycles. The van der Waals surface area contributed by atoms with Gasteiger partial charge in [0.2, 0.25) is 0 Å². The molecule has 2 aromatic rings. The largest absolute Gasteiger partial charge is 0.481 e. The molecule has 0 bridgehead atoms. The Bertz CT molecular complexity index is 562. The summed E-state index contributed by atoms with van der Waals surface area (Å²) in [6.45, 7) is 3.31. The van der Waals surface area contributed by atoms with Crippen LogP contribution in [0.4, 0.5) is 0 Å². The standard InChI is InChI=1S/C12H18N6O2/c1-2-18-11(13-9-14-18)8-17-7-10(15-16-17)5-3-4-6-12(19)20/h7,9H,2-6,8H2,1H3,(H,19,20). The van der Waals surface area contributed by atoms with Gasteiger partial charge in [-0.2, -0.15) is 5.10 Å². The Morgan fingerprint density at radius 2 is 2.25 bits per heavy atom. The Balaban J connectivity index is 1.84. The van der Waals surface area contributed by atoms with Gasteiger partial charge in [0.05, 0.1) is 5.69 Å². The van der Waals surface area contributed by atoms with Crippen LogP contribution in [0.15, 0.2) is 12.5 Å². The normalized spacial score (nSPS) is 10.8. The van der Waals surface area contributed by atoms with E-state index in [1.54, 1.807) is 4.68 Å². The van der Waals surface area contributed by atoms with E-state index >= 15 is 0 Å². The number of rotatable bonds is 8. The van der Waals surface area contributed by atoms with Gasteiger partial charge in [0.25, 0.3) is 0 Å². The van der Waals surface area contributed by atoms with Crippen LogP contribution in [-0.2, 0) is 24.3 Å². The van der Waals surface area contributed by atoms with Crippen LogP contribution in [0.2, 0.25) is 0 Å². The van der Waals surface area contributed by atoms with E-state index in [9.17, 15) is 4.79 Å². The Labute approximate surface area is 116 Å². The molecule has 0 amide bonds. The van der Waals surface area contributed by atoms with Crippen LogP contribution in [0.3, 0.4) is 0 Å². The average molecular weight is 278 g/mol. The topological polar surface area (TPSA) is 98.7 Å². The minimum absolute atomic E-state index is 0.202. The quantitative estimate of drug-likeness (QED) is 0.715. The first-order chi connectivity index (χ1) is 9.69. The third-order valence-corrected chi connectivity index (χ3v) is 2.96. The van der Waals surface area contributed by atoms with Gasteiger partial charge in [0, 0.05) is 19.2 Å². The average Bonchev–Trinajstić information content (AvgIpc) is 3.04. The van der Waals surface area contributed by atoms with E-state index in [4.69, 9.17) is 5.11 Å². The number of hydrogen-bond acceptors (Lipinski definition) is 5. The molecule has 0 aromatic carbocycles. The van der Waals surface area contributed by atoms with Crippen molar-refractivity contribution in [3.8, 4) is 0 Å². The molecule has 8 heteroatoms. The SMILES string of the molecule is CCn1ncnc1Cn1cc(CCCCC(=O)O)nn1. The summed E-state index contributed by atoms with van der Waals surface area (Å²) in [5, 5.41) is 20.8. The minimum atomic E-state index is -0.757. The number of carbonyl (C=O) groups is 1. The lowest BCUT2D eigenvalue weighted by Gasteiger charge is -2.01. The molecule has 0 radical (unpaired) electrons. The predicted molar refractivity (Wildman–Crippen MR) is 70.0 cm³/mol. The van der Waals surface area contributed by atoms with Gasteiger partial charge in [-0.1, -0.05) is 5.21 Å². The van der Waals surface area contributed by atoms with Gasteiger partial charge in [-0.15, -0.1) is 5.10 Å². The summed E-state index contributed by atoms with van der Waals surface area (Å²) in [4.78, 5) is 14.6. The first-order valence-corrected chi connectivity index (χ1v) is 6.66. The number of aromatic nitrogens is 6. The number of hydrogen-bond donors (Lipinski definition) is 1. The summed E-state index contributed by atoms with van der Waals surface area (Å²) in [6.07, 6.45) is 5.81. The number of unbranched alkanes of at least 4 members (excludes halogenated alkanes) is 1. The first kappa shape index (κ1) is 14.2. The van der Waals surface area contributed by atoms with Crippen molar-refractivity contribution in [2.24, 2.45) is 0 Å². The summed E-state index contributed by atoms with van der Waals surface area (Å²) in [5.41, 5.74) is 0.873. The van der Waals surface area contributed by atoms with Crippen LogP contribution >= 0.6 is 0 Å². The molecular weight excluding hydrogens is 260 g/mol. The molecule has 0 spiro atoms. The first-order valence-electron chi connectivity index (χ1n) is 6.66. The van der Waals surface area contributed by atoms with E-state index in [0.29, 0.717) is 13.0 Å². The second-order valence-electron chi connectivity index (χ2n) is 4.50. The summed E-state index contributed by atoms with van der Waals surface area (Å²) >= 11 is 0. The highest BCUT2D eigenvalue weighted by Crippen LogP contribution is 2.05. The highest BCUT2D eigenvalue weighted by Gasteiger charge is 2.06. The summed E-state index contributed by atoms with van der Waals surface area (Å²) in [5.74, 6) is 0.0855. The summed E-state index contributed by atoms with van der Waals surface area (Å²) in [6, 6.07) is 0. The summed E-state index contributed by atoms with van der Waals surface area (Å²) < 4.78 is 3.54. The van der Waals surface area contributed by atoms with Crippen LogP contribution in [-0.4, -0.2) is 40.8 Å². The van der Waals surface area contributed by atoms with Crippen LogP contribution in [0.25, 0.3) is 0 Å². The second kappa shape index (κ2) is 6.78. The molecule has 0 aliphatic carbocycles. The van der Waals surface area contributed by atoms with E-state index in [1.807, 2.05) is 17.8 Å². The molecule has 0 saturated heterocycles. The number of nitrogens with zero attached hydrogens (tertiary/aromatic N) is 6. The van der Waals surface area contributed by atoms with Crippen molar-refractivity contribution >= 4 is 5.97 Å². The molecule has 0 fully saturated rings. The van der Waals surface area contributed by atoms with Gasteiger partial charge < -0.3 is 5.11 Å². The van der Waals surface area contributed by atoms with E-state index in [1.165, 1.54) is 6.33 Å². The fraction of sp³-hybridized carbons (Fsp3) is 0.583. The van der Waals surface area contributed by atoms with Gasteiger partial charge in [-0.3, -0.25) is 4.79 Å². The van der Waals surface area contributed by atoms with Gasteiger partial charge in [-0.05, 0) is 26.2 Å². The van der Waals surface area contributed by atoms with E-state index in [2.05, 4.69) is 20.4 Å². The molecular formula is C12H18N6O2. The lowest BCUT2D eigenvalue weighted by atomic mass is 10.1. The van der Waals surface area contributed by atoms with Crippen LogP contribution < -0.4 is 0 Å². The van der Waals surface area contributed by atoms with E-state index in [-0.39, 0.29) is 6.42 Å². The smallest absolute Gasteiger partial charge is 0.303 e. The zero-order chi connectivity index (χ0) is 14.4. The van der Waals surface area contributed by atoms with Crippen molar-refractivity contribution in [1.82, 2.24) is 29.8 Å². The monoisotopic (exact) mass is 278 g/mol. The highest BCUT2D eigenvalue weighted by atomic mass is 16.4. The van der Waals surface area contributed by atoms with Gasteiger partial charge >= 0.3 is 5.97 Å². The van der Waals surface area contributed by atoms with E-state index in [0.717, 1.165) is 30.9 Å². The molecule has 8 nitrogen and oxygen atoms in total. The molecule has 0 unspecified atom stereocenters. The predicted octanol–water partition coefficient (Wildman–Crippen LogP) is 0.735. The van der Waals surface area contributed by atoms with Crippen molar-refractivity contribution in [2.75, 3.05) is 0 Å². The third-order valence-electron chi connectivity index (χ3n) is 2.96. The Morgan fingerprint density at radius 1 is 1.40 bits per heavy atom. The van der Waals surface area contributed by atoms with Gasteiger partial charge in [-0.25, -0.2) is 14.3 Å². The van der Waals surface area contributed by atoms with Gasteiger partial charge in [0.1, 0.15) is 18.7 Å². The molecule has 2 aromatic heterocycles. The molecule has 0 atom stereocenters. The van der Waals surface area contributed by atoms with E-state index < -0.39 is 5.97 Å². The molecule has 0 aliphatic heterocycles.